The summed E-state index contributed by atoms with van der Waals surface area (Å²) in [6.07, 6.45) is 3.78. The zero-order chi connectivity index (χ0) is 25.1. The number of nitrogens with one attached hydrogen (secondary N) is 1. The summed E-state index contributed by atoms with van der Waals surface area (Å²) in [6, 6.07) is 14.6. The molecule has 0 unspecified atom stereocenters. The molecule has 0 aliphatic carbocycles. The number of carbonyl (C=O) groups excluding carboxylic acids is 3. The number of esters is 2. The second-order valence-electron chi connectivity index (χ2n) is 9.13. The maximum Gasteiger partial charge on any atom is 0.375 e. The lowest BCUT2D eigenvalue weighted by molar-refractivity contribution is -0.275. The largest absolute Gasteiger partial charge is 0.495 e. The number of methoxy groups -OCH3 is 1. The van der Waals surface area contributed by atoms with Crippen molar-refractivity contribution in [3.8, 4) is 5.75 Å². The first kappa shape index (κ1) is 23.9. The molecule has 9 nitrogen and oxygen atoms in total. The quantitative estimate of drug-likeness (QED) is 0.591. The summed E-state index contributed by atoms with van der Waals surface area (Å²) in [5.41, 5.74) is 1.72. The summed E-state index contributed by atoms with van der Waals surface area (Å²) < 4.78 is 16.6. The molecule has 1 fully saturated rings. The summed E-state index contributed by atoms with van der Waals surface area (Å²) in [4.78, 5) is 41.8. The van der Waals surface area contributed by atoms with Gasteiger partial charge in [-0.2, -0.15) is 0 Å². The number of amides is 1. The van der Waals surface area contributed by atoms with Gasteiger partial charge in [0.1, 0.15) is 5.75 Å². The van der Waals surface area contributed by atoms with Gasteiger partial charge < -0.3 is 24.4 Å². The highest BCUT2D eigenvalue weighted by Crippen LogP contribution is 2.43. The van der Waals surface area contributed by atoms with Crippen LogP contribution in [0.1, 0.15) is 28.8 Å². The monoisotopic (exact) mass is 491 g/mol. The summed E-state index contributed by atoms with van der Waals surface area (Å²) in [7, 11) is 1.66. The third-order valence-electron chi connectivity index (χ3n) is 6.93. The van der Waals surface area contributed by atoms with Crippen molar-refractivity contribution in [2.75, 3.05) is 45.2 Å². The Hall–Kier alpha value is -3.85. The third kappa shape index (κ3) is 4.54. The summed E-state index contributed by atoms with van der Waals surface area (Å²) in [6.45, 7) is 3.74. The Balaban J connectivity index is 1.22. The van der Waals surface area contributed by atoms with Gasteiger partial charge >= 0.3 is 17.8 Å². The lowest BCUT2D eigenvalue weighted by Gasteiger charge is -2.39. The number of anilines is 1. The maximum atomic E-state index is 13.4. The minimum Gasteiger partial charge on any atom is -0.495 e. The Morgan fingerprint density at radius 3 is 2.36 bits per heavy atom. The average Bonchev–Trinajstić information content (AvgIpc) is 3.00. The number of rotatable bonds is 7. The molecule has 1 saturated heterocycles. The predicted molar refractivity (Wildman–Crippen MR) is 131 cm³/mol. The van der Waals surface area contributed by atoms with Crippen molar-refractivity contribution < 1.29 is 28.6 Å². The van der Waals surface area contributed by atoms with Gasteiger partial charge in [-0.15, -0.1) is 0 Å². The molecule has 0 saturated carbocycles. The molecular formula is C27H29N3O6. The highest BCUT2D eigenvalue weighted by Gasteiger charge is 2.57. The van der Waals surface area contributed by atoms with Gasteiger partial charge in [-0.1, -0.05) is 24.3 Å². The first-order valence-corrected chi connectivity index (χ1v) is 12.1. The lowest BCUT2D eigenvalue weighted by atomic mass is 9.96. The maximum absolute atomic E-state index is 13.4. The fraction of sp³-hybridized carbons (Fsp3) is 0.370. The minimum absolute atomic E-state index is 0.173. The predicted octanol–water partition coefficient (Wildman–Crippen LogP) is 2.74. The number of nitrogens with zero attached hydrogens (tertiary/aromatic N) is 2. The SMILES string of the molecule is COc1ccccc1NCCN1CCC(CN2C(=O)c3ccccc3C23OC(=O)C=CC(=O)O3)CC1. The number of likely N-dealkylation sites (tertiary alicyclic amines) is 1. The molecule has 1 spiro atoms. The molecule has 3 aliphatic heterocycles. The number of carbonyl (C=O) groups is 3. The molecule has 5 rings (SSSR count). The minimum atomic E-state index is -1.87. The standard InChI is InChI=1S/C27H29N3O6/c1-34-23-9-5-4-8-22(23)28-14-17-29-15-12-19(13-16-29)18-30-26(33)20-6-2-3-7-21(20)27(30)35-24(31)10-11-25(32)36-27/h2-11,19,28H,12-18H2,1H3. The molecule has 9 heteroatoms. The van der Waals surface area contributed by atoms with Crippen LogP contribution in [0.2, 0.25) is 0 Å². The van der Waals surface area contributed by atoms with Crippen molar-refractivity contribution in [2.45, 2.75) is 18.8 Å². The van der Waals surface area contributed by atoms with Crippen LogP contribution in [0, 0.1) is 5.92 Å². The number of hydrogen-bond acceptors (Lipinski definition) is 8. The van der Waals surface area contributed by atoms with Gasteiger partial charge in [0.2, 0.25) is 0 Å². The topological polar surface area (TPSA) is 97.4 Å². The Morgan fingerprint density at radius 1 is 0.972 bits per heavy atom. The van der Waals surface area contributed by atoms with Crippen molar-refractivity contribution in [3.63, 3.8) is 0 Å². The lowest BCUT2D eigenvalue weighted by Crippen LogP contribution is -2.52. The Bertz CT molecular complexity index is 1170. The molecule has 0 bridgehead atoms. The summed E-state index contributed by atoms with van der Waals surface area (Å²) in [5.74, 6) is -2.65. The van der Waals surface area contributed by atoms with E-state index in [1.165, 1.54) is 4.90 Å². The normalized spacial score (nSPS) is 19.6. The Labute approximate surface area is 209 Å². The van der Waals surface area contributed by atoms with Crippen molar-refractivity contribution in [1.82, 2.24) is 9.80 Å². The van der Waals surface area contributed by atoms with Crippen LogP contribution < -0.4 is 10.1 Å². The second kappa shape index (κ2) is 10.0. The van der Waals surface area contributed by atoms with E-state index in [4.69, 9.17) is 14.2 Å². The van der Waals surface area contributed by atoms with Crippen molar-refractivity contribution in [3.05, 3.63) is 71.8 Å². The number of fused-ring (bicyclic) bond motifs is 2. The molecule has 2 aromatic carbocycles. The van der Waals surface area contributed by atoms with Gasteiger partial charge in [0.15, 0.2) is 0 Å². The van der Waals surface area contributed by atoms with Crippen LogP contribution in [-0.4, -0.2) is 67.5 Å². The number of piperidine rings is 1. The van der Waals surface area contributed by atoms with Gasteiger partial charge in [0.25, 0.3) is 5.91 Å². The van der Waals surface area contributed by atoms with Crippen LogP contribution in [0.5, 0.6) is 5.75 Å². The van der Waals surface area contributed by atoms with Gasteiger partial charge in [0, 0.05) is 31.8 Å². The van der Waals surface area contributed by atoms with Crippen LogP contribution in [0.3, 0.4) is 0 Å². The Morgan fingerprint density at radius 2 is 1.64 bits per heavy atom. The molecule has 0 aromatic heterocycles. The van der Waals surface area contributed by atoms with Gasteiger partial charge in [0.05, 0.1) is 23.9 Å². The van der Waals surface area contributed by atoms with E-state index in [9.17, 15) is 14.4 Å². The molecule has 3 heterocycles. The molecule has 0 atom stereocenters. The summed E-state index contributed by atoms with van der Waals surface area (Å²) >= 11 is 0. The number of benzene rings is 2. The molecule has 1 N–H and O–H groups in total. The first-order valence-electron chi connectivity index (χ1n) is 12.1. The molecule has 0 radical (unpaired) electrons. The van der Waals surface area contributed by atoms with E-state index in [2.05, 4.69) is 10.2 Å². The van der Waals surface area contributed by atoms with Crippen molar-refractivity contribution >= 4 is 23.5 Å². The average molecular weight is 492 g/mol. The van der Waals surface area contributed by atoms with E-state index in [1.54, 1.807) is 31.4 Å². The molecule has 1 amide bonds. The van der Waals surface area contributed by atoms with Crippen molar-refractivity contribution in [2.24, 2.45) is 5.92 Å². The fourth-order valence-corrected chi connectivity index (χ4v) is 5.08. The zero-order valence-corrected chi connectivity index (χ0v) is 20.1. The third-order valence-corrected chi connectivity index (χ3v) is 6.93. The van der Waals surface area contributed by atoms with Gasteiger partial charge in [-0.05, 0) is 56.1 Å². The Kier molecular flexibility index (Phi) is 6.65. The number of para-hydroxylation sites is 2. The van der Waals surface area contributed by atoms with Crippen LogP contribution in [0.25, 0.3) is 0 Å². The smallest absolute Gasteiger partial charge is 0.375 e. The van der Waals surface area contributed by atoms with E-state index in [-0.39, 0.29) is 11.8 Å². The highest BCUT2D eigenvalue weighted by molar-refractivity contribution is 6.01. The van der Waals surface area contributed by atoms with E-state index in [1.807, 2.05) is 24.3 Å². The summed E-state index contributed by atoms with van der Waals surface area (Å²) in [5, 5.41) is 3.43. The second-order valence-corrected chi connectivity index (χ2v) is 9.13. The zero-order valence-electron chi connectivity index (χ0n) is 20.1. The fourth-order valence-electron chi connectivity index (χ4n) is 5.08. The molecule has 3 aliphatic rings. The first-order chi connectivity index (χ1) is 17.5. The number of hydrogen-bond donors (Lipinski definition) is 1. The molecule has 188 valence electrons. The van der Waals surface area contributed by atoms with Crippen molar-refractivity contribution in [1.29, 1.82) is 0 Å². The van der Waals surface area contributed by atoms with Crippen LogP contribution in [-0.2, 0) is 25.0 Å². The molecule has 2 aromatic rings. The molecule has 36 heavy (non-hydrogen) atoms. The van der Waals surface area contributed by atoms with E-state index < -0.39 is 17.8 Å². The van der Waals surface area contributed by atoms with Crippen LogP contribution >= 0.6 is 0 Å². The van der Waals surface area contributed by atoms with Gasteiger partial charge in [-0.3, -0.25) is 9.69 Å². The van der Waals surface area contributed by atoms with E-state index >= 15 is 0 Å². The number of ether oxygens (including phenoxy) is 3. The van der Waals surface area contributed by atoms with Crippen LogP contribution in [0.4, 0.5) is 5.69 Å². The van der Waals surface area contributed by atoms with E-state index in [0.29, 0.717) is 17.7 Å². The van der Waals surface area contributed by atoms with E-state index in [0.717, 1.165) is 62.6 Å². The highest BCUT2D eigenvalue weighted by atomic mass is 16.8. The molecular weight excluding hydrogens is 462 g/mol. The van der Waals surface area contributed by atoms with Crippen LogP contribution in [0.15, 0.2) is 60.7 Å². The van der Waals surface area contributed by atoms with Gasteiger partial charge in [-0.25, -0.2) is 9.59 Å².